The van der Waals surface area contributed by atoms with E-state index in [-0.39, 0.29) is 29.9 Å². The lowest BCUT2D eigenvalue weighted by molar-refractivity contribution is -0.129. The summed E-state index contributed by atoms with van der Waals surface area (Å²) in [5, 5.41) is 5.65. The fraction of sp³-hybridized carbons (Fsp3) is 0.261. The lowest BCUT2D eigenvalue weighted by atomic mass is 9.75. The van der Waals surface area contributed by atoms with Crippen molar-refractivity contribution in [3.05, 3.63) is 71.4 Å². The Morgan fingerprint density at radius 2 is 1.72 bits per heavy atom. The van der Waals surface area contributed by atoms with Crippen LogP contribution in [0.4, 0.5) is 5.69 Å². The highest BCUT2D eigenvalue weighted by molar-refractivity contribution is 6.09. The van der Waals surface area contributed by atoms with Crippen molar-refractivity contribution in [2.45, 2.75) is 25.2 Å². The molecule has 0 aromatic heterocycles. The number of ether oxygens (including phenoxy) is 1. The topological polar surface area (TPSA) is 84.5 Å². The molecule has 4 rings (SSSR count). The minimum absolute atomic E-state index is 0.00569. The van der Waals surface area contributed by atoms with Crippen molar-refractivity contribution in [1.29, 1.82) is 0 Å². The number of anilines is 1. The van der Waals surface area contributed by atoms with E-state index in [9.17, 15) is 14.4 Å². The summed E-state index contributed by atoms with van der Waals surface area (Å²) in [6.45, 7) is 0. The average Bonchev–Trinajstić information content (AvgIpc) is 2.74. The van der Waals surface area contributed by atoms with Gasteiger partial charge in [0.2, 0.25) is 11.8 Å². The van der Waals surface area contributed by atoms with Crippen LogP contribution in [0.25, 0.3) is 0 Å². The molecule has 6 nitrogen and oxygen atoms in total. The predicted molar refractivity (Wildman–Crippen MR) is 108 cm³/mol. The maximum absolute atomic E-state index is 13.0. The molecular weight excluding hydrogens is 368 g/mol. The zero-order valence-corrected chi connectivity index (χ0v) is 16.1. The quantitative estimate of drug-likeness (QED) is 0.840. The van der Waals surface area contributed by atoms with Gasteiger partial charge in [-0.1, -0.05) is 30.3 Å². The van der Waals surface area contributed by atoms with Crippen molar-refractivity contribution in [3.8, 4) is 5.75 Å². The molecule has 0 fully saturated rings. The SMILES string of the molecule is COc1ccc(NC(=O)C2CC(=O)NC3=C2C(=O)CC(c2ccccc2)C3)cc1. The van der Waals surface area contributed by atoms with Crippen molar-refractivity contribution in [3.63, 3.8) is 0 Å². The third kappa shape index (κ3) is 3.92. The Bertz CT molecular complexity index is 980. The first kappa shape index (κ1) is 18.9. The molecule has 29 heavy (non-hydrogen) atoms. The fourth-order valence-corrected chi connectivity index (χ4v) is 4.05. The van der Waals surface area contributed by atoms with E-state index in [1.807, 2.05) is 30.3 Å². The van der Waals surface area contributed by atoms with Crippen LogP contribution in [0.2, 0.25) is 0 Å². The summed E-state index contributed by atoms with van der Waals surface area (Å²) >= 11 is 0. The van der Waals surface area contributed by atoms with E-state index in [1.54, 1.807) is 31.4 Å². The lowest BCUT2D eigenvalue weighted by Gasteiger charge is -2.33. The molecule has 1 aliphatic heterocycles. The molecule has 0 saturated carbocycles. The number of carbonyl (C=O) groups excluding carboxylic acids is 3. The molecule has 2 atom stereocenters. The second-order valence-electron chi connectivity index (χ2n) is 7.35. The summed E-state index contributed by atoms with van der Waals surface area (Å²) in [5.74, 6) is -0.741. The van der Waals surface area contributed by atoms with Crippen molar-refractivity contribution in [2.75, 3.05) is 12.4 Å². The van der Waals surface area contributed by atoms with E-state index in [2.05, 4.69) is 10.6 Å². The number of allylic oxidation sites excluding steroid dienone is 1. The second kappa shape index (κ2) is 7.91. The van der Waals surface area contributed by atoms with Crippen LogP contribution in [0.15, 0.2) is 65.9 Å². The maximum Gasteiger partial charge on any atom is 0.232 e. The van der Waals surface area contributed by atoms with Crippen LogP contribution in [0.1, 0.15) is 30.7 Å². The van der Waals surface area contributed by atoms with Gasteiger partial charge >= 0.3 is 0 Å². The lowest BCUT2D eigenvalue weighted by Crippen LogP contribution is -2.43. The highest BCUT2D eigenvalue weighted by Gasteiger charge is 2.40. The van der Waals surface area contributed by atoms with E-state index in [0.29, 0.717) is 35.5 Å². The first-order valence-corrected chi connectivity index (χ1v) is 9.61. The summed E-state index contributed by atoms with van der Waals surface area (Å²) < 4.78 is 5.12. The normalized spacial score (nSPS) is 21.3. The Morgan fingerprint density at radius 1 is 1.00 bits per heavy atom. The van der Waals surface area contributed by atoms with Crippen LogP contribution in [0.3, 0.4) is 0 Å². The molecule has 2 amide bonds. The molecule has 148 valence electrons. The Kier molecular flexibility index (Phi) is 5.16. The van der Waals surface area contributed by atoms with Gasteiger partial charge in [0.1, 0.15) is 5.75 Å². The minimum atomic E-state index is -0.773. The van der Waals surface area contributed by atoms with Crippen LogP contribution >= 0.6 is 0 Å². The Balaban J connectivity index is 1.58. The predicted octanol–water partition coefficient (Wildman–Crippen LogP) is 3.17. The highest BCUT2D eigenvalue weighted by atomic mass is 16.5. The van der Waals surface area contributed by atoms with Gasteiger partial charge in [-0.25, -0.2) is 0 Å². The molecule has 0 bridgehead atoms. The average molecular weight is 390 g/mol. The number of hydrogen-bond acceptors (Lipinski definition) is 4. The first-order valence-electron chi connectivity index (χ1n) is 9.61. The number of Topliss-reactive ketones (excluding diaryl/α,β-unsaturated/α-hetero) is 1. The van der Waals surface area contributed by atoms with Crippen LogP contribution < -0.4 is 15.4 Å². The van der Waals surface area contributed by atoms with E-state index >= 15 is 0 Å². The van der Waals surface area contributed by atoms with Crippen molar-refractivity contribution < 1.29 is 19.1 Å². The molecule has 1 aliphatic carbocycles. The van der Waals surface area contributed by atoms with Crippen molar-refractivity contribution in [1.82, 2.24) is 5.32 Å². The van der Waals surface area contributed by atoms with Crippen LogP contribution in [0.5, 0.6) is 5.75 Å². The van der Waals surface area contributed by atoms with Gasteiger partial charge in [-0.05, 0) is 42.2 Å². The third-order valence-corrected chi connectivity index (χ3v) is 5.48. The summed E-state index contributed by atoms with van der Waals surface area (Å²) in [6.07, 6.45) is 0.858. The van der Waals surface area contributed by atoms with Crippen LogP contribution in [-0.4, -0.2) is 24.7 Å². The van der Waals surface area contributed by atoms with Gasteiger partial charge in [-0.2, -0.15) is 0 Å². The molecule has 0 spiro atoms. The number of rotatable bonds is 4. The summed E-state index contributed by atoms with van der Waals surface area (Å²) in [4.78, 5) is 38.1. The van der Waals surface area contributed by atoms with Crippen LogP contribution in [0, 0.1) is 5.92 Å². The number of methoxy groups -OCH3 is 1. The van der Waals surface area contributed by atoms with Gasteiger partial charge in [0.25, 0.3) is 0 Å². The molecule has 2 aliphatic rings. The monoisotopic (exact) mass is 390 g/mol. The van der Waals surface area contributed by atoms with Gasteiger partial charge in [-0.15, -0.1) is 0 Å². The van der Waals surface area contributed by atoms with Gasteiger partial charge < -0.3 is 15.4 Å². The number of nitrogens with one attached hydrogen (secondary N) is 2. The number of benzene rings is 2. The Labute approximate surface area is 168 Å². The molecule has 2 unspecified atom stereocenters. The standard InChI is InChI=1S/C23H22N2O4/c1-29-17-9-7-16(8-10-17)24-23(28)18-13-21(27)25-19-11-15(12-20(26)22(18)19)14-5-3-2-4-6-14/h2-10,15,18H,11-13H2,1H3,(H,24,28)(H,25,27). The fourth-order valence-electron chi connectivity index (χ4n) is 4.05. The third-order valence-electron chi connectivity index (χ3n) is 5.48. The highest BCUT2D eigenvalue weighted by Crippen LogP contribution is 2.39. The van der Waals surface area contributed by atoms with Crippen molar-refractivity contribution >= 4 is 23.3 Å². The Morgan fingerprint density at radius 3 is 2.41 bits per heavy atom. The van der Waals surface area contributed by atoms with E-state index in [4.69, 9.17) is 4.74 Å². The van der Waals surface area contributed by atoms with Gasteiger partial charge in [0.15, 0.2) is 5.78 Å². The van der Waals surface area contributed by atoms with E-state index in [1.165, 1.54) is 0 Å². The molecule has 0 radical (unpaired) electrons. The van der Waals surface area contributed by atoms with Gasteiger partial charge in [0, 0.05) is 29.8 Å². The zero-order chi connectivity index (χ0) is 20.4. The van der Waals surface area contributed by atoms with Gasteiger partial charge in [-0.3, -0.25) is 14.4 Å². The largest absolute Gasteiger partial charge is 0.497 e. The smallest absolute Gasteiger partial charge is 0.232 e. The number of carbonyl (C=O) groups is 3. The second-order valence-corrected chi connectivity index (χ2v) is 7.35. The molecule has 0 saturated heterocycles. The molecule has 2 aromatic carbocycles. The molecule has 2 N–H and O–H groups in total. The minimum Gasteiger partial charge on any atom is -0.497 e. The van der Waals surface area contributed by atoms with E-state index in [0.717, 1.165) is 5.56 Å². The summed E-state index contributed by atoms with van der Waals surface area (Å²) in [7, 11) is 1.57. The summed E-state index contributed by atoms with van der Waals surface area (Å²) in [5.41, 5.74) is 2.69. The molecular formula is C23H22N2O4. The number of hydrogen-bond donors (Lipinski definition) is 2. The number of ketones is 1. The number of amides is 2. The first-order chi connectivity index (χ1) is 14.0. The maximum atomic E-state index is 13.0. The zero-order valence-electron chi connectivity index (χ0n) is 16.1. The molecule has 1 heterocycles. The Hall–Kier alpha value is -3.41. The van der Waals surface area contributed by atoms with Gasteiger partial charge in [0.05, 0.1) is 13.0 Å². The van der Waals surface area contributed by atoms with E-state index < -0.39 is 5.92 Å². The van der Waals surface area contributed by atoms with Crippen LogP contribution in [-0.2, 0) is 14.4 Å². The summed E-state index contributed by atoms with van der Waals surface area (Å²) in [6, 6.07) is 16.7. The molecule has 6 heteroatoms. The molecule has 2 aromatic rings. The van der Waals surface area contributed by atoms with Crippen molar-refractivity contribution in [2.24, 2.45) is 5.92 Å².